The molecule has 29 heavy (non-hydrogen) atoms. The molecule has 1 unspecified atom stereocenters. The van der Waals surface area contributed by atoms with Crippen LogP contribution in [0.2, 0.25) is 0 Å². The van der Waals surface area contributed by atoms with Crippen LogP contribution < -0.4 is 16.0 Å². The van der Waals surface area contributed by atoms with Crippen LogP contribution >= 0.6 is 0 Å². The monoisotopic (exact) mass is 399 g/mol. The van der Waals surface area contributed by atoms with Crippen molar-refractivity contribution in [1.82, 2.24) is 15.5 Å². The van der Waals surface area contributed by atoms with Gasteiger partial charge in [-0.3, -0.25) is 9.79 Å². The van der Waals surface area contributed by atoms with Gasteiger partial charge in [-0.25, -0.2) is 0 Å². The number of rotatable bonds is 8. The number of guanidine groups is 1. The predicted octanol–water partition coefficient (Wildman–Crippen LogP) is 3.32. The number of nitrogens with zero attached hydrogens (tertiary/aromatic N) is 2. The van der Waals surface area contributed by atoms with Crippen LogP contribution in [0.5, 0.6) is 0 Å². The molecule has 0 radical (unpaired) electrons. The largest absolute Gasteiger partial charge is 0.357 e. The molecule has 1 heterocycles. The summed E-state index contributed by atoms with van der Waals surface area (Å²) in [6.45, 7) is 5.55. The van der Waals surface area contributed by atoms with Crippen molar-refractivity contribution in [3.63, 3.8) is 0 Å². The second kappa shape index (κ2) is 11.2. The number of fused-ring (bicyclic) bond motifs is 1. The first-order valence-corrected chi connectivity index (χ1v) is 11.3. The lowest BCUT2D eigenvalue weighted by molar-refractivity contribution is -0.116. The van der Waals surface area contributed by atoms with Gasteiger partial charge in [-0.1, -0.05) is 37.5 Å². The molecule has 1 atom stereocenters. The van der Waals surface area contributed by atoms with Gasteiger partial charge < -0.3 is 20.9 Å². The Labute approximate surface area is 175 Å². The second-order valence-electron chi connectivity index (χ2n) is 8.31. The quantitative estimate of drug-likeness (QED) is 0.356. The fourth-order valence-electron chi connectivity index (χ4n) is 4.45. The highest BCUT2D eigenvalue weighted by Crippen LogP contribution is 2.32. The van der Waals surface area contributed by atoms with Crippen LogP contribution in [-0.4, -0.2) is 56.0 Å². The molecule has 1 saturated carbocycles. The van der Waals surface area contributed by atoms with Crippen molar-refractivity contribution in [1.29, 1.82) is 0 Å². The first-order valence-electron chi connectivity index (χ1n) is 11.3. The summed E-state index contributed by atoms with van der Waals surface area (Å²) in [5.74, 6) is 1.05. The van der Waals surface area contributed by atoms with E-state index in [1.165, 1.54) is 37.7 Å². The molecule has 1 aliphatic heterocycles. The van der Waals surface area contributed by atoms with E-state index in [9.17, 15) is 4.79 Å². The normalized spacial score (nSPS) is 20.3. The summed E-state index contributed by atoms with van der Waals surface area (Å²) < 4.78 is 0. The topological polar surface area (TPSA) is 68.8 Å². The van der Waals surface area contributed by atoms with E-state index in [-0.39, 0.29) is 11.8 Å². The highest BCUT2D eigenvalue weighted by Gasteiger charge is 2.24. The van der Waals surface area contributed by atoms with Crippen LogP contribution in [0, 0.1) is 0 Å². The summed E-state index contributed by atoms with van der Waals surface area (Å²) >= 11 is 0. The van der Waals surface area contributed by atoms with Gasteiger partial charge in [-0.05, 0) is 51.4 Å². The van der Waals surface area contributed by atoms with Gasteiger partial charge >= 0.3 is 0 Å². The Bertz CT molecular complexity index is 684. The van der Waals surface area contributed by atoms with E-state index >= 15 is 0 Å². The number of benzene rings is 1. The number of carbonyl (C=O) groups is 1. The zero-order valence-corrected chi connectivity index (χ0v) is 18.0. The first-order chi connectivity index (χ1) is 14.2. The maximum Gasteiger partial charge on any atom is 0.225 e. The highest BCUT2D eigenvalue weighted by molar-refractivity contribution is 5.94. The molecule has 1 aromatic carbocycles. The van der Waals surface area contributed by atoms with Crippen molar-refractivity contribution in [2.45, 2.75) is 63.8 Å². The van der Waals surface area contributed by atoms with Gasteiger partial charge in [0.15, 0.2) is 5.96 Å². The van der Waals surface area contributed by atoms with E-state index < -0.39 is 0 Å². The summed E-state index contributed by atoms with van der Waals surface area (Å²) in [7, 11) is 2.26. The van der Waals surface area contributed by atoms with Gasteiger partial charge in [-0.2, -0.15) is 0 Å². The maximum atomic E-state index is 12.0. The van der Waals surface area contributed by atoms with Crippen LogP contribution in [0.1, 0.15) is 63.4 Å². The van der Waals surface area contributed by atoms with Crippen molar-refractivity contribution in [3.05, 3.63) is 29.8 Å². The summed E-state index contributed by atoms with van der Waals surface area (Å²) in [5.41, 5.74) is 2.11. The Kier molecular flexibility index (Phi) is 8.35. The van der Waals surface area contributed by atoms with E-state index in [4.69, 9.17) is 4.99 Å². The molecular formula is C23H37N5O. The molecule has 0 saturated heterocycles. The van der Waals surface area contributed by atoms with Crippen molar-refractivity contribution in [2.75, 3.05) is 38.5 Å². The minimum Gasteiger partial charge on any atom is -0.357 e. The highest BCUT2D eigenvalue weighted by atomic mass is 16.1. The molecule has 6 heteroatoms. The lowest BCUT2D eigenvalue weighted by atomic mass is 9.91. The third-order valence-electron chi connectivity index (χ3n) is 6.10. The number of aliphatic imine (C=N–C) groups is 1. The van der Waals surface area contributed by atoms with Crippen LogP contribution in [0.15, 0.2) is 29.3 Å². The third kappa shape index (κ3) is 6.46. The Balaban J connectivity index is 1.48. The number of nitrogens with one attached hydrogen (secondary N) is 3. The summed E-state index contributed by atoms with van der Waals surface area (Å²) in [4.78, 5) is 19.3. The third-order valence-corrected chi connectivity index (χ3v) is 6.10. The number of para-hydroxylation sites is 1. The Morgan fingerprint density at radius 2 is 2.00 bits per heavy atom. The molecule has 1 amide bonds. The minimum absolute atomic E-state index is 0.0765. The maximum absolute atomic E-state index is 12.0. The van der Waals surface area contributed by atoms with E-state index in [1.54, 1.807) is 0 Å². The SMILES string of the molecule is CCNC(=NCC1CC(=O)Nc2ccccc21)NCCCN(C)C1CCCCC1. The molecule has 0 aromatic heterocycles. The minimum atomic E-state index is 0.0765. The van der Waals surface area contributed by atoms with E-state index in [0.717, 1.165) is 43.7 Å². The number of anilines is 1. The molecular weight excluding hydrogens is 362 g/mol. The fraction of sp³-hybridized carbons (Fsp3) is 0.652. The number of hydrogen-bond donors (Lipinski definition) is 3. The zero-order valence-electron chi connectivity index (χ0n) is 18.0. The van der Waals surface area contributed by atoms with Crippen LogP contribution in [-0.2, 0) is 4.79 Å². The lowest BCUT2D eigenvalue weighted by Crippen LogP contribution is -2.40. The Hall–Kier alpha value is -2.08. The van der Waals surface area contributed by atoms with Gasteiger partial charge in [0.2, 0.25) is 5.91 Å². The first kappa shape index (κ1) is 21.6. The molecule has 0 spiro atoms. The van der Waals surface area contributed by atoms with E-state index in [0.29, 0.717) is 13.0 Å². The van der Waals surface area contributed by atoms with Gasteiger partial charge in [0.25, 0.3) is 0 Å². The average Bonchev–Trinajstić information content (AvgIpc) is 2.75. The fourth-order valence-corrected chi connectivity index (χ4v) is 4.45. The summed E-state index contributed by atoms with van der Waals surface area (Å²) in [6.07, 6.45) is 8.47. The molecule has 1 aromatic rings. The summed E-state index contributed by atoms with van der Waals surface area (Å²) in [6, 6.07) is 8.81. The molecule has 3 N–H and O–H groups in total. The summed E-state index contributed by atoms with van der Waals surface area (Å²) in [5, 5.41) is 9.76. The van der Waals surface area contributed by atoms with Gasteiger partial charge in [0.1, 0.15) is 0 Å². The van der Waals surface area contributed by atoms with Gasteiger partial charge in [0, 0.05) is 37.2 Å². The Morgan fingerprint density at radius 3 is 2.79 bits per heavy atom. The standard InChI is InChI=1S/C23H37N5O/c1-3-24-23(25-14-9-15-28(2)19-10-5-4-6-11-19)26-17-18-16-22(29)27-21-13-8-7-12-20(18)21/h7-8,12-13,18-19H,3-6,9-11,14-17H2,1-2H3,(H,27,29)(H2,24,25,26). The number of hydrogen-bond acceptors (Lipinski definition) is 3. The van der Waals surface area contributed by atoms with Crippen molar-refractivity contribution in [3.8, 4) is 0 Å². The number of amides is 1. The molecule has 1 fully saturated rings. The van der Waals surface area contributed by atoms with Crippen LogP contribution in [0.3, 0.4) is 0 Å². The number of carbonyl (C=O) groups excluding carboxylic acids is 1. The molecule has 3 rings (SSSR count). The second-order valence-corrected chi connectivity index (χ2v) is 8.31. The Morgan fingerprint density at radius 1 is 1.21 bits per heavy atom. The zero-order chi connectivity index (χ0) is 20.5. The molecule has 1 aliphatic carbocycles. The molecule has 2 aliphatic rings. The van der Waals surface area contributed by atoms with E-state index in [2.05, 4.69) is 40.9 Å². The van der Waals surface area contributed by atoms with Gasteiger partial charge in [0.05, 0.1) is 6.54 Å². The van der Waals surface area contributed by atoms with Gasteiger partial charge in [-0.15, -0.1) is 0 Å². The molecule has 160 valence electrons. The van der Waals surface area contributed by atoms with E-state index in [1.807, 2.05) is 18.2 Å². The molecule has 6 nitrogen and oxygen atoms in total. The van der Waals surface area contributed by atoms with Crippen molar-refractivity contribution >= 4 is 17.6 Å². The van der Waals surface area contributed by atoms with Crippen molar-refractivity contribution < 1.29 is 4.79 Å². The average molecular weight is 400 g/mol. The van der Waals surface area contributed by atoms with Crippen molar-refractivity contribution in [2.24, 2.45) is 4.99 Å². The lowest BCUT2D eigenvalue weighted by Gasteiger charge is -2.31. The predicted molar refractivity (Wildman–Crippen MR) is 121 cm³/mol. The smallest absolute Gasteiger partial charge is 0.225 e. The van der Waals surface area contributed by atoms with Crippen LogP contribution in [0.4, 0.5) is 5.69 Å². The molecule has 0 bridgehead atoms. The van der Waals surface area contributed by atoms with Crippen LogP contribution in [0.25, 0.3) is 0 Å².